The number of ether oxygens (including phenoxy) is 1. The van der Waals surface area contributed by atoms with Gasteiger partial charge in [-0.2, -0.15) is 0 Å². The third-order valence-corrected chi connectivity index (χ3v) is 5.87. The smallest absolute Gasteiger partial charge is 0.337 e. The van der Waals surface area contributed by atoms with Crippen molar-refractivity contribution in [1.29, 1.82) is 0 Å². The molecule has 0 fully saturated rings. The molecule has 0 saturated heterocycles. The summed E-state index contributed by atoms with van der Waals surface area (Å²) >= 11 is 0. The number of anilines is 1. The molecular weight excluding hydrogens is 380 g/mol. The van der Waals surface area contributed by atoms with Gasteiger partial charge in [0, 0.05) is 24.0 Å². The van der Waals surface area contributed by atoms with E-state index in [9.17, 15) is 18.3 Å². The third kappa shape index (κ3) is 3.96. The lowest BCUT2D eigenvalue weighted by atomic mass is 10.1. The average Bonchev–Trinajstić information content (AvgIpc) is 2.72. The van der Waals surface area contributed by atoms with Gasteiger partial charge in [0.15, 0.2) is 5.03 Å². The molecule has 0 aliphatic heterocycles. The minimum Gasteiger partial charge on any atom is -0.497 e. The molecule has 0 unspecified atom stereocenters. The summed E-state index contributed by atoms with van der Waals surface area (Å²) in [5.74, 6) is -0.521. The summed E-state index contributed by atoms with van der Waals surface area (Å²) < 4.78 is 31.1. The van der Waals surface area contributed by atoms with Gasteiger partial charge in [-0.05, 0) is 42.5 Å². The second kappa shape index (κ2) is 8.10. The van der Waals surface area contributed by atoms with Crippen LogP contribution in [-0.2, 0) is 16.4 Å². The van der Waals surface area contributed by atoms with Gasteiger partial charge >= 0.3 is 5.97 Å². The lowest BCUT2D eigenvalue weighted by Gasteiger charge is -2.13. The minimum absolute atomic E-state index is 0.0829. The van der Waals surface area contributed by atoms with Crippen molar-refractivity contribution >= 4 is 21.5 Å². The summed E-state index contributed by atoms with van der Waals surface area (Å²) in [6.07, 6.45) is 1.41. The highest BCUT2D eigenvalue weighted by Crippen LogP contribution is 2.25. The normalized spacial score (nSPS) is 11.0. The van der Waals surface area contributed by atoms with Crippen molar-refractivity contribution in [3.05, 3.63) is 78.0 Å². The standard InChI is InChI=1S/C20H18N2O5S/c1-27-15-8-10-16(11-9-15)28(25,26)19-14(5-4-12-21-19)13-22-18-7-3-2-6-17(18)20(23)24/h2-12,22H,13H2,1H3,(H,23,24). The van der Waals surface area contributed by atoms with Gasteiger partial charge in [0.05, 0.1) is 17.6 Å². The summed E-state index contributed by atoms with van der Waals surface area (Å²) in [7, 11) is -2.35. The zero-order valence-corrected chi connectivity index (χ0v) is 15.8. The van der Waals surface area contributed by atoms with Crippen LogP contribution < -0.4 is 10.1 Å². The first-order chi connectivity index (χ1) is 13.4. The lowest BCUT2D eigenvalue weighted by molar-refractivity contribution is 0.0698. The van der Waals surface area contributed by atoms with Crippen LogP contribution in [0.3, 0.4) is 0 Å². The number of benzene rings is 2. The van der Waals surface area contributed by atoms with Gasteiger partial charge in [0.2, 0.25) is 9.84 Å². The predicted molar refractivity (Wildman–Crippen MR) is 103 cm³/mol. The van der Waals surface area contributed by atoms with Crippen molar-refractivity contribution in [2.75, 3.05) is 12.4 Å². The van der Waals surface area contributed by atoms with Crippen molar-refractivity contribution in [1.82, 2.24) is 4.98 Å². The molecular formula is C20H18N2O5S. The first-order valence-corrected chi connectivity index (χ1v) is 9.81. The Morgan fingerprint density at radius 1 is 1.07 bits per heavy atom. The number of hydrogen-bond acceptors (Lipinski definition) is 6. The Balaban J connectivity index is 1.92. The number of nitrogens with zero attached hydrogens (tertiary/aromatic N) is 1. The van der Waals surface area contributed by atoms with E-state index in [1.165, 1.54) is 31.5 Å². The molecule has 0 amide bonds. The Morgan fingerprint density at radius 2 is 1.79 bits per heavy atom. The number of nitrogens with one attached hydrogen (secondary N) is 1. The monoisotopic (exact) mass is 398 g/mol. The molecule has 28 heavy (non-hydrogen) atoms. The van der Waals surface area contributed by atoms with Gasteiger partial charge in [-0.1, -0.05) is 18.2 Å². The molecule has 8 heteroatoms. The highest BCUT2D eigenvalue weighted by Gasteiger charge is 2.23. The number of methoxy groups -OCH3 is 1. The van der Waals surface area contributed by atoms with Crippen LogP contribution in [0.1, 0.15) is 15.9 Å². The number of rotatable bonds is 7. The van der Waals surface area contributed by atoms with Gasteiger partial charge in [-0.3, -0.25) is 0 Å². The molecule has 0 radical (unpaired) electrons. The molecule has 1 heterocycles. The van der Waals surface area contributed by atoms with Crippen LogP contribution in [0.4, 0.5) is 5.69 Å². The van der Waals surface area contributed by atoms with Gasteiger partial charge in [0.1, 0.15) is 5.75 Å². The first kappa shape index (κ1) is 19.4. The van der Waals surface area contributed by atoms with E-state index in [0.717, 1.165) is 0 Å². The maximum atomic E-state index is 13.0. The molecule has 0 atom stereocenters. The Labute approximate surface area is 162 Å². The molecule has 0 aliphatic rings. The summed E-state index contributed by atoms with van der Waals surface area (Å²) in [4.78, 5) is 15.5. The second-order valence-corrected chi connectivity index (χ2v) is 7.72. The summed E-state index contributed by atoms with van der Waals surface area (Å²) in [5, 5.41) is 12.2. The number of hydrogen-bond donors (Lipinski definition) is 2. The highest BCUT2D eigenvalue weighted by atomic mass is 32.2. The number of carboxylic acid groups (broad SMARTS) is 1. The van der Waals surface area contributed by atoms with E-state index in [4.69, 9.17) is 4.74 Å². The molecule has 0 bridgehead atoms. The largest absolute Gasteiger partial charge is 0.497 e. The van der Waals surface area contributed by atoms with E-state index in [1.807, 2.05) is 0 Å². The molecule has 0 aliphatic carbocycles. The van der Waals surface area contributed by atoms with E-state index >= 15 is 0 Å². The Bertz CT molecular complexity index is 1100. The van der Waals surface area contributed by atoms with Crippen molar-refractivity contribution in [2.45, 2.75) is 16.5 Å². The summed E-state index contributed by atoms with van der Waals surface area (Å²) in [6, 6.07) is 15.7. The number of aromatic carboxylic acids is 1. The van der Waals surface area contributed by atoms with Gasteiger partial charge in [0.25, 0.3) is 0 Å². The zero-order chi connectivity index (χ0) is 20.1. The molecule has 0 spiro atoms. The van der Waals surface area contributed by atoms with Crippen LogP contribution >= 0.6 is 0 Å². The Kier molecular flexibility index (Phi) is 5.60. The quantitative estimate of drug-likeness (QED) is 0.629. The molecule has 7 nitrogen and oxygen atoms in total. The first-order valence-electron chi connectivity index (χ1n) is 8.32. The lowest BCUT2D eigenvalue weighted by Crippen LogP contribution is -2.12. The van der Waals surface area contributed by atoms with Crippen molar-refractivity contribution in [2.24, 2.45) is 0 Å². The van der Waals surface area contributed by atoms with Gasteiger partial charge in [-0.15, -0.1) is 0 Å². The molecule has 2 aromatic carbocycles. The fraction of sp³-hybridized carbons (Fsp3) is 0.100. The van der Waals surface area contributed by atoms with E-state index in [-0.39, 0.29) is 22.0 Å². The average molecular weight is 398 g/mol. The van der Waals surface area contributed by atoms with Crippen LogP contribution in [0, 0.1) is 0 Å². The van der Waals surface area contributed by atoms with Crippen LogP contribution in [0.15, 0.2) is 76.8 Å². The van der Waals surface area contributed by atoms with E-state index in [0.29, 0.717) is 17.0 Å². The maximum absolute atomic E-state index is 13.0. The molecule has 3 rings (SSSR count). The summed E-state index contributed by atoms with van der Waals surface area (Å²) in [6.45, 7) is 0.100. The predicted octanol–water partition coefficient (Wildman–Crippen LogP) is 3.23. The fourth-order valence-electron chi connectivity index (χ4n) is 2.68. The van der Waals surface area contributed by atoms with Crippen LogP contribution in [0.5, 0.6) is 5.75 Å². The number of para-hydroxylation sites is 1. The highest BCUT2D eigenvalue weighted by molar-refractivity contribution is 7.91. The van der Waals surface area contributed by atoms with E-state index in [2.05, 4.69) is 10.3 Å². The fourth-order valence-corrected chi connectivity index (χ4v) is 4.08. The van der Waals surface area contributed by atoms with Crippen LogP contribution in [-0.4, -0.2) is 31.6 Å². The van der Waals surface area contributed by atoms with Crippen LogP contribution in [0.25, 0.3) is 0 Å². The maximum Gasteiger partial charge on any atom is 0.337 e. The minimum atomic E-state index is -3.85. The van der Waals surface area contributed by atoms with Crippen LogP contribution in [0.2, 0.25) is 0 Å². The van der Waals surface area contributed by atoms with Crippen molar-refractivity contribution < 1.29 is 23.1 Å². The number of carboxylic acids is 1. The van der Waals surface area contributed by atoms with Gasteiger partial charge < -0.3 is 15.2 Å². The molecule has 144 valence electrons. The number of aromatic nitrogens is 1. The van der Waals surface area contributed by atoms with Crippen molar-refractivity contribution in [3.8, 4) is 5.75 Å². The molecule has 1 aromatic heterocycles. The molecule has 0 saturated carbocycles. The second-order valence-electron chi connectivity index (χ2n) is 5.85. The van der Waals surface area contributed by atoms with E-state index < -0.39 is 15.8 Å². The van der Waals surface area contributed by atoms with Gasteiger partial charge in [-0.25, -0.2) is 18.2 Å². The number of sulfone groups is 1. The molecule has 3 aromatic rings. The third-order valence-electron chi connectivity index (χ3n) is 4.10. The SMILES string of the molecule is COc1ccc(S(=O)(=O)c2ncccc2CNc2ccccc2C(=O)O)cc1. The topological polar surface area (TPSA) is 106 Å². The van der Waals surface area contributed by atoms with Crippen molar-refractivity contribution in [3.63, 3.8) is 0 Å². The zero-order valence-electron chi connectivity index (χ0n) is 15.0. The Hall–Kier alpha value is -3.39. The Morgan fingerprint density at radius 3 is 2.46 bits per heavy atom. The molecule has 2 N–H and O–H groups in total. The van der Waals surface area contributed by atoms with E-state index in [1.54, 1.807) is 42.5 Å². The summed E-state index contributed by atoms with van der Waals surface area (Å²) in [5.41, 5.74) is 0.927. The number of carbonyl (C=O) groups is 1. The number of pyridine rings is 1.